The van der Waals surface area contributed by atoms with E-state index in [0.717, 1.165) is 38.4 Å². The molecule has 0 amide bonds. The molecule has 0 radical (unpaired) electrons. The number of hydrogen-bond acceptors (Lipinski definition) is 4. The van der Waals surface area contributed by atoms with Gasteiger partial charge in [0.2, 0.25) is 0 Å². The van der Waals surface area contributed by atoms with Crippen LogP contribution in [0.2, 0.25) is 0 Å². The first kappa shape index (κ1) is 14.7. The average Bonchev–Trinajstić information content (AvgIpc) is 3.27. The molecule has 24 heavy (non-hydrogen) atoms. The number of hydrogen-bond donors (Lipinski definition) is 1. The van der Waals surface area contributed by atoms with Gasteiger partial charge in [-0.15, -0.1) is 11.3 Å². The lowest BCUT2D eigenvalue weighted by molar-refractivity contribution is 0.307. The summed E-state index contributed by atoms with van der Waals surface area (Å²) in [6.45, 7) is 1.15. The second kappa shape index (κ2) is 5.44. The molecule has 0 spiro atoms. The molecule has 122 valence electrons. The first-order chi connectivity index (χ1) is 11.7. The molecule has 6 heteroatoms. The fourth-order valence-corrected chi connectivity index (χ4v) is 5.11. The zero-order chi connectivity index (χ0) is 16.3. The Morgan fingerprint density at radius 1 is 1.33 bits per heavy atom. The molecule has 1 fully saturated rings. The van der Waals surface area contributed by atoms with Gasteiger partial charge in [0, 0.05) is 17.0 Å². The zero-order valence-corrected chi connectivity index (χ0v) is 15.6. The third kappa shape index (κ3) is 2.32. The van der Waals surface area contributed by atoms with Crippen LogP contribution in [0.1, 0.15) is 24.7 Å². The van der Waals surface area contributed by atoms with E-state index in [0.29, 0.717) is 6.04 Å². The van der Waals surface area contributed by atoms with Gasteiger partial charge in [-0.05, 0) is 60.1 Å². The van der Waals surface area contributed by atoms with Gasteiger partial charge in [0.15, 0.2) is 4.67 Å². The van der Waals surface area contributed by atoms with Gasteiger partial charge in [-0.2, -0.15) is 0 Å². The van der Waals surface area contributed by atoms with E-state index in [4.69, 9.17) is 9.40 Å². The molecule has 4 aromatic rings. The molecule has 5 rings (SSSR count). The Balaban J connectivity index is 1.56. The predicted molar refractivity (Wildman–Crippen MR) is 101 cm³/mol. The van der Waals surface area contributed by atoms with Crippen LogP contribution in [0.4, 0.5) is 0 Å². The SMILES string of the molecule is CN1CCCC1c1nc2ccc(-c3cc4oc(Br)cc4s3)cc2[nH]1. The van der Waals surface area contributed by atoms with Crippen LogP contribution in [-0.2, 0) is 0 Å². The standard InChI is InChI=1S/C18H16BrN3OS/c1-22-6-2-3-13(22)18-20-11-5-4-10(7-12(11)21-18)15-8-14-16(24-15)9-17(19)23-14/h4-5,7-9,13H,2-3,6H2,1H3,(H,20,21). The molecule has 1 N–H and O–H groups in total. The van der Waals surface area contributed by atoms with Crippen molar-refractivity contribution in [2.45, 2.75) is 18.9 Å². The second-order valence-electron chi connectivity index (χ2n) is 6.38. The highest BCUT2D eigenvalue weighted by atomic mass is 79.9. The Kier molecular flexibility index (Phi) is 3.33. The third-order valence-corrected chi connectivity index (χ3v) is 6.30. The number of fused-ring (bicyclic) bond motifs is 2. The minimum Gasteiger partial charge on any atom is -0.448 e. The zero-order valence-electron chi connectivity index (χ0n) is 13.2. The molecule has 4 heterocycles. The van der Waals surface area contributed by atoms with Crippen LogP contribution >= 0.6 is 27.3 Å². The number of benzene rings is 1. The lowest BCUT2D eigenvalue weighted by Gasteiger charge is -2.16. The molecule has 3 aromatic heterocycles. The lowest BCUT2D eigenvalue weighted by atomic mass is 10.1. The van der Waals surface area contributed by atoms with Gasteiger partial charge in [-0.1, -0.05) is 6.07 Å². The van der Waals surface area contributed by atoms with Crippen LogP contribution < -0.4 is 0 Å². The van der Waals surface area contributed by atoms with Crippen molar-refractivity contribution in [3.8, 4) is 10.4 Å². The largest absolute Gasteiger partial charge is 0.448 e. The van der Waals surface area contributed by atoms with Gasteiger partial charge in [0.05, 0.1) is 21.8 Å². The summed E-state index contributed by atoms with van der Waals surface area (Å²) in [5.74, 6) is 1.09. The highest BCUT2D eigenvalue weighted by molar-refractivity contribution is 9.10. The number of nitrogens with zero attached hydrogens (tertiary/aromatic N) is 2. The van der Waals surface area contributed by atoms with E-state index in [1.165, 1.54) is 23.3 Å². The van der Waals surface area contributed by atoms with Crippen LogP contribution in [0.25, 0.3) is 31.8 Å². The van der Waals surface area contributed by atoms with Crippen LogP contribution in [0.5, 0.6) is 0 Å². The Morgan fingerprint density at radius 3 is 3.04 bits per heavy atom. The first-order valence-corrected chi connectivity index (χ1v) is 9.67. The third-order valence-electron chi connectivity index (χ3n) is 4.80. The summed E-state index contributed by atoms with van der Waals surface area (Å²) >= 11 is 5.13. The molecule has 1 aliphatic rings. The summed E-state index contributed by atoms with van der Waals surface area (Å²) in [4.78, 5) is 11.9. The molecule has 1 atom stereocenters. The molecule has 4 nitrogen and oxygen atoms in total. The molecule has 0 aliphatic carbocycles. The molecular weight excluding hydrogens is 386 g/mol. The van der Waals surface area contributed by atoms with E-state index in [2.05, 4.69) is 57.1 Å². The van der Waals surface area contributed by atoms with Crippen LogP contribution in [0.15, 0.2) is 39.4 Å². The Hall–Kier alpha value is -1.63. The van der Waals surface area contributed by atoms with Crippen molar-refractivity contribution in [2.75, 3.05) is 13.6 Å². The van der Waals surface area contributed by atoms with E-state index < -0.39 is 0 Å². The highest BCUT2D eigenvalue weighted by Crippen LogP contribution is 2.38. The summed E-state index contributed by atoms with van der Waals surface area (Å²) < 4.78 is 7.59. The number of thiophene rings is 1. The first-order valence-electron chi connectivity index (χ1n) is 8.06. The maximum Gasteiger partial charge on any atom is 0.171 e. The Morgan fingerprint density at radius 2 is 2.25 bits per heavy atom. The minimum absolute atomic E-state index is 0.419. The number of H-pyrrole nitrogens is 1. The predicted octanol–water partition coefficient (Wildman–Crippen LogP) is 5.57. The van der Waals surface area contributed by atoms with Crippen LogP contribution in [0, 0.1) is 0 Å². The van der Waals surface area contributed by atoms with Crippen molar-refractivity contribution in [3.05, 3.63) is 40.8 Å². The maximum absolute atomic E-state index is 5.64. The van der Waals surface area contributed by atoms with Crippen LogP contribution in [0.3, 0.4) is 0 Å². The molecule has 1 aliphatic heterocycles. The fraction of sp³-hybridized carbons (Fsp3) is 0.278. The monoisotopic (exact) mass is 401 g/mol. The smallest absolute Gasteiger partial charge is 0.171 e. The van der Waals surface area contributed by atoms with E-state index in [1.807, 2.05) is 6.07 Å². The van der Waals surface area contributed by atoms with Gasteiger partial charge in [-0.3, -0.25) is 4.90 Å². The number of likely N-dealkylation sites (tertiary alicyclic amines) is 1. The number of imidazole rings is 1. The van der Waals surface area contributed by atoms with Crippen molar-refractivity contribution in [1.82, 2.24) is 14.9 Å². The fourth-order valence-electron chi connectivity index (χ4n) is 3.54. The Labute approximate surface area is 151 Å². The summed E-state index contributed by atoms with van der Waals surface area (Å²) in [5.41, 5.74) is 4.27. The number of rotatable bonds is 2. The minimum atomic E-state index is 0.419. The number of aromatic amines is 1. The number of halogens is 1. The van der Waals surface area contributed by atoms with Crippen molar-refractivity contribution in [3.63, 3.8) is 0 Å². The number of aromatic nitrogens is 2. The van der Waals surface area contributed by atoms with Gasteiger partial charge in [0.25, 0.3) is 0 Å². The van der Waals surface area contributed by atoms with Gasteiger partial charge < -0.3 is 9.40 Å². The van der Waals surface area contributed by atoms with Crippen molar-refractivity contribution < 1.29 is 4.42 Å². The summed E-state index contributed by atoms with van der Waals surface area (Å²) in [5, 5.41) is 0. The second-order valence-corrected chi connectivity index (χ2v) is 8.25. The average molecular weight is 402 g/mol. The van der Waals surface area contributed by atoms with Crippen molar-refractivity contribution in [1.29, 1.82) is 0 Å². The van der Waals surface area contributed by atoms with Gasteiger partial charge >= 0.3 is 0 Å². The van der Waals surface area contributed by atoms with Gasteiger partial charge in [-0.25, -0.2) is 4.98 Å². The van der Waals surface area contributed by atoms with E-state index in [1.54, 1.807) is 11.3 Å². The van der Waals surface area contributed by atoms with E-state index in [-0.39, 0.29) is 0 Å². The normalized spacial score (nSPS) is 19.0. The summed E-state index contributed by atoms with van der Waals surface area (Å²) in [6, 6.07) is 11.0. The highest BCUT2D eigenvalue weighted by Gasteiger charge is 2.25. The Bertz CT molecular complexity index is 1020. The van der Waals surface area contributed by atoms with Crippen molar-refractivity contribution >= 4 is 48.6 Å². The number of furan rings is 1. The molecule has 0 bridgehead atoms. The van der Waals surface area contributed by atoms with Crippen LogP contribution in [-0.4, -0.2) is 28.5 Å². The lowest BCUT2D eigenvalue weighted by Crippen LogP contribution is -2.18. The van der Waals surface area contributed by atoms with Gasteiger partial charge in [0.1, 0.15) is 11.4 Å². The molecule has 1 unspecified atom stereocenters. The summed E-state index contributed by atoms with van der Waals surface area (Å²) in [6.07, 6.45) is 2.42. The van der Waals surface area contributed by atoms with E-state index in [9.17, 15) is 0 Å². The topological polar surface area (TPSA) is 45.1 Å². The molecule has 0 saturated carbocycles. The quantitative estimate of drug-likeness (QED) is 0.477. The summed E-state index contributed by atoms with van der Waals surface area (Å²) in [7, 11) is 2.18. The van der Waals surface area contributed by atoms with E-state index >= 15 is 0 Å². The molecule has 1 saturated heterocycles. The molecular formula is C18H16BrN3OS. The maximum atomic E-state index is 5.64. The van der Waals surface area contributed by atoms with Crippen molar-refractivity contribution in [2.24, 2.45) is 0 Å². The molecule has 1 aromatic carbocycles. The number of nitrogens with one attached hydrogen (secondary N) is 1.